The van der Waals surface area contributed by atoms with Crippen LogP contribution in [0.2, 0.25) is 0 Å². The average Bonchev–Trinajstić information content (AvgIpc) is 3.62. The van der Waals surface area contributed by atoms with Crippen LogP contribution in [0.5, 0.6) is 5.75 Å². The highest BCUT2D eigenvalue weighted by Crippen LogP contribution is 2.49. The Hall–Kier alpha value is -6.91. The Morgan fingerprint density at radius 2 is 0.887 bits per heavy atom. The number of allylic oxidation sites excluding steroid dienone is 2. The second-order valence-electron chi connectivity index (χ2n) is 13.6. The molecule has 2 heterocycles. The van der Waals surface area contributed by atoms with Crippen LogP contribution in [-0.2, 0) is 0 Å². The minimum atomic E-state index is -0.157. The second kappa shape index (κ2) is 13.0. The van der Waals surface area contributed by atoms with Crippen molar-refractivity contribution >= 4 is 16.3 Å². The Kier molecular flexibility index (Phi) is 7.58. The summed E-state index contributed by atoms with van der Waals surface area (Å²) in [5.74, 6) is 2.74. The lowest BCUT2D eigenvalue weighted by atomic mass is 9.83. The molecule has 8 aromatic rings. The van der Waals surface area contributed by atoms with Crippen molar-refractivity contribution in [1.82, 2.24) is 15.0 Å². The highest BCUT2D eigenvalue weighted by Gasteiger charge is 2.39. The molecule has 0 N–H and O–H groups in total. The van der Waals surface area contributed by atoms with Crippen molar-refractivity contribution in [2.75, 3.05) is 0 Å². The standard InChI is InChI=1S/C49H33N3O/c1-3-10-32(11-4-1)35-18-23-37(24-19-35)47-50-48(38-25-20-36(21-26-38)33-12-5-2-6-13-33)52-49(51-47)42-16-9-17-45-46(42)43-31-41(28-29-44(43)53-45)40-27-22-34-14-7-8-15-39(34)30-40/h1-31,45-46H. The Labute approximate surface area is 308 Å². The molecule has 4 nitrogen and oxygen atoms in total. The van der Waals surface area contributed by atoms with Gasteiger partial charge in [-0.3, -0.25) is 0 Å². The molecular formula is C49H33N3O. The molecule has 0 saturated heterocycles. The Morgan fingerprint density at radius 1 is 0.396 bits per heavy atom. The van der Waals surface area contributed by atoms with Crippen LogP contribution in [0.3, 0.4) is 0 Å². The van der Waals surface area contributed by atoms with E-state index in [0.29, 0.717) is 17.5 Å². The van der Waals surface area contributed by atoms with Crippen molar-refractivity contribution in [3.8, 4) is 61.9 Å². The monoisotopic (exact) mass is 679 g/mol. The number of rotatable bonds is 6. The van der Waals surface area contributed by atoms with Crippen molar-refractivity contribution < 1.29 is 4.74 Å². The molecule has 0 saturated carbocycles. The molecule has 2 aliphatic rings. The molecule has 0 amide bonds. The van der Waals surface area contributed by atoms with Crippen LogP contribution in [0.4, 0.5) is 0 Å². The SMILES string of the molecule is C1=CC2Oc3ccc(-c4ccc5ccccc5c4)cc3C2C(c2nc(-c3ccc(-c4ccccc4)cc3)nc(-c3ccc(-c4ccccc4)cc3)n2)=C1. The number of ether oxygens (including phenoxy) is 1. The Balaban J connectivity index is 1.07. The summed E-state index contributed by atoms with van der Waals surface area (Å²) in [6, 6.07) is 59.5. The zero-order chi connectivity index (χ0) is 35.1. The second-order valence-corrected chi connectivity index (χ2v) is 13.6. The number of fused-ring (bicyclic) bond motifs is 4. The molecule has 4 heteroatoms. The fourth-order valence-corrected chi connectivity index (χ4v) is 7.57. The van der Waals surface area contributed by atoms with Crippen LogP contribution in [-0.4, -0.2) is 21.1 Å². The zero-order valence-corrected chi connectivity index (χ0v) is 28.8. The zero-order valence-electron chi connectivity index (χ0n) is 28.8. The van der Waals surface area contributed by atoms with E-state index in [1.807, 2.05) is 12.1 Å². The molecule has 0 fully saturated rings. The Bertz CT molecular complexity index is 2580. The first-order chi connectivity index (χ1) is 26.2. The fraction of sp³-hybridized carbons (Fsp3) is 0.0408. The summed E-state index contributed by atoms with van der Waals surface area (Å²) < 4.78 is 6.57. The van der Waals surface area contributed by atoms with Gasteiger partial charge in [-0.2, -0.15) is 0 Å². The van der Waals surface area contributed by atoms with Gasteiger partial charge in [-0.15, -0.1) is 0 Å². The van der Waals surface area contributed by atoms with E-state index in [0.717, 1.165) is 44.7 Å². The number of hydrogen-bond acceptors (Lipinski definition) is 4. The van der Waals surface area contributed by atoms with E-state index < -0.39 is 0 Å². The summed E-state index contributed by atoms with van der Waals surface area (Å²) in [6.07, 6.45) is 6.19. The maximum atomic E-state index is 6.57. The normalized spacial score (nSPS) is 15.7. The van der Waals surface area contributed by atoms with Crippen LogP contribution >= 0.6 is 0 Å². The van der Waals surface area contributed by atoms with E-state index in [2.05, 4.69) is 176 Å². The van der Waals surface area contributed by atoms with Gasteiger partial charge in [0.25, 0.3) is 0 Å². The summed E-state index contributed by atoms with van der Waals surface area (Å²) >= 11 is 0. The maximum absolute atomic E-state index is 6.57. The molecular weight excluding hydrogens is 647 g/mol. The average molecular weight is 680 g/mol. The van der Waals surface area contributed by atoms with Gasteiger partial charge < -0.3 is 4.74 Å². The molecule has 53 heavy (non-hydrogen) atoms. The molecule has 0 bridgehead atoms. The quantitative estimate of drug-likeness (QED) is 0.175. The topological polar surface area (TPSA) is 47.9 Å². The number of nitrogens with zero attached hydrogens (tertiary/aromatic N) is 3. The van der Waals surface area contributed by atoms with Crippen molar-refractivity contribution in [3.05, 3.63) is 199 Å². The van der Waals surface area contributed by atoms with Crippen LogP contribution in [0.15, 0.2) is 188 Å². The molecule has 1 aliphatic heterocycles. The molecule has 1 aromatic heterocycles. The van der Waals surface area contributed by atoms with Crippen molar-refractivity contribution in [3.63, 3.8) is 0 Å². The smallest absolute Gasteiger partial charge is 0.164 e. The minimum Gasteiger partial charge on any atom is -0.485 e. The third-order valence-electron chi connectivity index (χ3n) is 10.3. The van der Waals surface area contributed by atoms with E-state index in [9.17, 15) is 0 Å². The largest absolute Gasteiger partial charge is 0.485 e. The van der Waals surface area contributed by atoms with Crippen LogP contribution < -0.4 is 4.74 Å². The summed E-state index contributed by atoms with van der Waals surface area (Å²) in [6.45, 7) is 0. The Morgan fingerprint density at radius 3 is 1.53 bits per heavy atom. The molecule has 250 valence electrons. The molecule has 7 aromatic carbocycles. The predicted octanol–water partition coefficient (Wildman–Crippen LogP) is 11.9. The third-order valence-corrected chi connectivity index (χ3v) is 10.3. The van der Waals surface area contributed by atoms with Crippen LogP contribution in [0, 0.1) is 0 Å². The van der Waals surface area contributed by atoms with Gasteiger partial charge in [0.05, 0.1) is 5.92 Å². The van der Waals surface area contributed by atoms with E-state index >= 15 is 0 Å². The fourth-order valence-electron chi connectivity index (χ4n) is 7.57. The molecule has 2 unspecified atom stereocenters. The maximum Gasteiger partial charge on any atom is 0.164 e. The van der Waals surface area contributed by atoms with Crippen molar-refractivity contribution in [2.24, 2.45) is 0 Å². The third kappa shape index (κ3) is 5.81. The first kappa shape index (κ1) is 30.9. The van der Waals surface area contributed by atoms with Crippen molar-refractivity contribution in [1.29, 1.82) is 0 Å². The summed E-state index contributed by atoms with van der Waals surface area (Å²) in [5, 5.41) is 2.45. The minimum absolute atomic E-state index is 0.0700. The van der Waals surface area contributed by atoms with Crippen LogP contribution in [0.1, 0.15) is 17.3 Å². The van der Waals surface area contributed by atoms with E-state index in [4.69, 9.17) is 19.7 Å². The lowest BCUT2D eigenvalue weighted by Gasteiger charge is -2.22. The first-order valence-electron chi connectivity index (χ1n) is 18.0. The van der Waals surface area contributed by atoms with Gasteiger partial charge in [-0.05, 0) is 68.4 Å². The van der Waals surface area contributed by atoms with E-state index in [-0.39, 0.29) is 12.0 Å². The highest BCUT2D eigenvalue weighted by molar-refractivity contribution is 5.88. The summed E-state index contributed by atoms with van der Waals surface area (Å²) in [5.41, 5.74) is 11.0. The van der Waals surface area contributed by atoms with Gasteiger partial charge in [0.1, 0.15) is 11.9 Å². The van der Waals surface area contributed by atoms with E-state index in [1.54, 1.807) is 0 Å². The molecule has 10 rings (SSSR count). The summed E-state index contributed by atoms with van der Waals surface area (Å²) in [7, 11) is 0. The molecule has 0 spiro atoms. The lowest BCUT2D eigenvalue weighted by Crippen LogP contribution is -2.20. The van der Waals surface area contributed by atoms with Gasteiger partial charge in [-0.25, -0.2) is 15.0 Å². The molecule has 1 aliphatic carbocycles. The van der Waals surface area contributed by atoms with Crippen LogP contribution in [0.25, 0.3) is 72.5 Å². The highest BCUT2D eigenvalue weighted by atomic mass is 16.5. The van der Waals surface area contributed by atoms with Gasteiger partial charge in [-0.1, -0.05) is 164 Å². The number of hydrogen-bond donors (Lipinski definition) is 0. The molecule has 0 radical (unpaired) electrons. The predicted molar refractivity (Wildman–Crippen MR) is 215 cm³/mol. The van der Waals surface area contributed by atoms with Gasteiger partial charge in [0.2, 0.25) is 0 Å². The lowest BCUT2D eigenvalue weighted by molar-refractivity contribution is 0.271. The van der Waals surface area contributed by atoms with Gasteiger partial charge in [0, 0.05) is 22.3 Å². The van der Waals surface area contributed by atoms with Gasteiger partial charge >= 0.3 is 0 Å². The number of aromatic nitrogens is 3. The van der Waals surface area contributed by atoms with E-state index in [1.165, 1.54) is 27.5 Å². The van der Waals surface area contributed by atoms with Crippen molar-refractivity contribution in [2.45, 2.75) is 12.0 Å². The first-order valence-corrected chi connectivity index (χ1v) is 18.0. The summed E-state index contributed by atoms with van der Waals surface area (Å²) in [4.78, 5) is 15.5. The van der Waals surface area contributed by atoms with Gasteiger partial charge in [0.15, 0.2) is 17.5 Å². The number of benzene rings is 7. The molecule has 2 atom stereocenters.